The normalized spacial score (nSPS) is 18.3. The zero-order valence-electron chi connectivity index (χ0n) is 16.2. The molecule has 1 N–H and O–H groups in total. The van der Waals surface area contributed by atoms with Gasteiger partial charge in [0.15, 0.2) is 0 Å². The number of unbranched alkanes of at least 4 members (excludes halogenated alkanes) is 1. The summed E-state index contributed by atoms with van der Waals surface area (Å²) >= 11 is 0. The Kier molecular flexibility index (Phi) is 8.78. The van der Waals surface area contributed by atoms with Crippen LogP contribution in [0.5, 0.6) is 0 Å². The molecule has 3 nitrogen and oxygen atoms in total. The molecule has 148 valence electrons. The molecule has 0 bridgehead atoms. The Labute approximate surface area is 169 Å². The number of halogens is 1. The van der Waals surface area contributed by atoms with E-state index in [1.54, 1.807) is 0 Å². The highest BCUT2D eigenvalue weighted by Gasteiger charge is 2.39. The molecule has 2 unspecified atom stereocenters. The van der Waals surface area contributed by atoms with Gasteiger partial charge in [0, 0.05) is 25.6 Å². The lowest BCUT2D eigenvalue weighted by atomic mass is 9.74. The Hall–Kier alpha value is -1.39. The molecule has 4 heteroatoms. The predicted octanol–water partition coefficient (Wildman–Crippen LogP) is 1.18. The first kappa shape index (κ1) is 21.9. The predicted molar refractivity (Wildman–Crippen MR) is 106 cm³/mol. The van der Waals surface area contributed by atoms with E-state index in [9.17, 15) is 5.11 Å². The van der Waals surface area contributed by atoms with Gasteiger partial charge in [0.2, 0.25) is 0 Å². The molecule has 2 aromatic carbocycles. The minimum absolute atomic E-state index is 0. The first-order valence-electron chi connectivity index (χ1n) is 9.87. The second kappa shape index (κ2) is 10.8. The van der Waals surface area contributed by atoms with Gasteiger partial charge in [-0.25, -0.2) is 0 Å². The lowest BCUT2D eigenvalue weighted by molar-refractivity contribution is -0.0293. The van der Waals surface area contributed by atoms with Gasteiger partial charge in [0.1, 0.15) is 0 Å². The van der Waals surface area contributed by atoms with Crippen LogP contribution in [0.25, 0.3) is 0 Å². The van der Waals surface area contributed by atoms with Crippen LogP contribution in [0.1, 0.15) is 43.2 Å². The monoisotopic (exact) mass is 388 g/mol. The highest BCUT2D eigenvalue weighted by Crippen LogP contribution is 2.41. The van der Waals surface area contributed by atoms with Crippen LogP contribution in [0.3, 0.4) is 0 Å². The zero-order valence-corrected chi connectivity index (χ0v) is 16.9. The summed E-state index contributed by atoms with van der Waals surface area (Å²) in [6.07, 6.45) is 2.86. The molecule has 1 heterocycles. The molecular weight excluding hydrogens is 358 g/mol. The summed E-state index contributed by atoms with van der Waals surface area (Å²) in [5.41, 5.74) is 1.37. The number of ether oxygens (including phenoxy) is 1. The van der Waals surface area contributed by atoms with Crippen molar-refractivity contribution in [2.24, 2.45) is 0 Å². The third-order valence-electron chi connectivity index (χ3n) is 5.51. The van der Waals surface area contributed by atoms with Gasteiger partial charge in [-0.15, -0.1) is 0 Å². The number of rotatable bonds is 8. The average molecular weight is 389 g/mol. The van der Waals surface area contributed by atoms with E-state index < -0.39 is 5.60 Å². The van der Waals surface area contributed by atoms with E-state index in [0.29, 0.717) is 0 Å². The van der Waals surface area contributed by atoms with Gasteiger partial charge >= 0.3 is 0 Å². The van der Waals surface area contributed by atoms with E-state index in [1.165, 1.54) is 5.56 Å². The van der Waals surface area contributed by atoms with E-state index in [1.807, 2.05) is 24.3 Å². The summed E-state index contributed by atoms with van der Waals surface area (Å²) in [5.74, 6) is 0.0377. The lowest BCUT2D eigenvalue weighted by Crippen LogP contribution is -3.00. The molecule has 0 aliphatic carbocycles. The summed E-state index contributed by atoms with van der Waals surface area (Å²) in [4.78, 5) is 2.43. The highest BCUT2D eigenvalue weighted by molar-refractivity contribution is 5.31. The van der Waals surface area contributed by atoms with E-state index in [-0.39, 0.29) is 18.3 Å². The first-order valence-corrected chi connectivity index (χ1v) is 9.87. The summed E-state index contributed by atoms with van der Waals surface area (Å²) in [6.45, 7) is 6.46. The molecule has 1 aliphatic rings. The third kappa shape index (κ3) is 5.55. The molecule has 0 spiro atoms. The van der Waals surface area contributed by atoms with Crippen molar-refractivity contribution in [1.29, 1.82) is 0 Å². The molecule has 0 radical (unpaired) electrons. The van der Waals surface area contributed by atoms with E-state index in [2.05, 4.69) is 48.2 Å². The summed E-state index contributed by atoms with van der Waals surface area (Å²) in [5, 5.41) is 12.0. The largest absolute Gasteiger partial charge is 1.00 e. The van der Waals surface area contributed by atoms with E-state index in [0.717, 1.165) is 57.7 Å². The van der Waals surface area contributed by atoms with Gasteiger partial charge in [-0.05, 0) is 17.5 Å². The number of benzene rings is 2. The maximum atomic E-state index is 12.0. The van der Waals surface area contributed by atoms with Crippen LogP contribution in [0.4, 0.5) is 0 Å². The summed E-state index contributed by atoms with van der Waals surface area (Å²) in [6, 6.07) is 20.7. The van der Waals surface area contributed by atoms with E-state index >= 15 is 0 Å². The van der Waals surface area contributed by atoms with Gasteiger partial charge in [0.05, 0.1) is 18.8 Å². The van der Waals surface area contributed by atoms with Crippen molar-refractivity contribution in [3.63, 3.8) is 0 Å². The first-order chi connectivity index (χ1) is 12.7. The van der Waals surface area contributed by atoms with Crippen molar-refractivity contribution in [1.82, 2.24) is 4.90 Å². The zero-order chi connectivity index (χ0) is 18.2. The highest BCUT2D eigenvalue weighted by atomic mass is 35.5. The topological polar surface area (TPSA) is 32.7 Å². The Morgan fingerprint density at radius 3 is 2.19 bits per heavy atom. The molecule has 1 fully saturated rings. The van der Waals surface area contributed by atoms with Crippen molar-refractivity contribution in [2.45, 2.75) is 37.7 Å². The SMILES string of the molecule is CCCCC(O)(c1ccccc1)C(CN1CCOCC1)c1ccccc1.[Cl-]. The maximum Gasteiger partial charge on any atom is 0.0977 e. The Morgan fingerprint density at radius 2 is 1.59 bits per heavy atom. The van der Waals surface area contributed by atoms with Crippen molar-refractivity contribution in [2.75, 3.05) is 32.8 Å². The average Bonchev–Trinajstić information content (AvgIpc) is 2.72. The van der Waals surface area contributed by atoms with Crippen LogP contribution < -0.4 is 12.4 Å². The Bertz CT molecular complexity index is 646. The fraction of sp³-hybridized carbons (Fsp3) is 0.478. The van der Waals surface area contributed by atoms with Crippen LogP contribution in [0.15, 0.2) is 60.7 Å². The fourth-order valence-corrected chi connectivity index (χ4v) is 3.95. The van der Waals surface area contributed by atoms with Gasteiger partial charge in [-0.3, -0.25) is 4.90 Å². The minimum Gasteiger partial charge on any atom is -1.00 e. The van der Waals surface area contributed by atoms with Crippen LogP contribution in [-0.2, 0) is 10.3 Å². The quantitative estimate of drug-likeness (QED) is 0.737. The summed E-state index contributed by atoms with van der Waals surface area (Å²) in [7, 11) is 0. The molecule has 27 heavy (non-hydrogen) atoms. The van der Waals surface area contributed by atoms with Crippen LogP contribution >= 0.6 is 0 Å². The number of morpholine rings is 1. The van der Waals surface area contributed by atoms with Gasteiger partial charge in [-0.1, -0.05) is 80.4 Å². The van der Waals surface area contributed by atoms with Gasteiger partial charge < -0.3 is 22.3 Å². The van der Waals surface area contributed by atoms with Crippen LogP contribution in [0.2, 0.25) is 0 Å². The molecule has 2 atom stereocenters. The molecule has 2 aromatic rings. The van der Waals surface area contributed by atoms with Gasteiger partial charge in [0.25, 0.3) is 0 Å². The molecule has 0 amide bonds. The Balaban J connectivity index is 0.00000261. The van der Waals surface area contributed by atoms with Crippen molar-refractivity contribution >= 4 is 0 Å². The molecular formula is C23H31ClNO2-. The van der Waals surface area contributed by atoms with Crippen LogP contribution in [-0.4, -0.2) is 42.9 Å². The third-order valence-corrected chi connectivity index (χ3v) is 5.51. The number of nitrogens with zero attached hydrogens (tertiary/aromatic N) is 1. The molecule has 3 rings (SSSR count). The smallest absolute Gasteiger partial charge is 0.0977 e. The van der Waals surface area contributed by atoms with Crippen LogP contribution in [0, 0.1) is 0 Å². The number of aliphatic hydroxyl groups is 1. The van der Waals surface area contributed by atoms with Crippen molar-refractivity contribution < 1.29 is 22.3 Å². The second-order valence-electron chi connectivity index (χ2n) is 7.27. The van der Waals surface area contributed by atoms with Gasteiger partial charge in [-0.2, -0.15) is 0 Å². The summed E-state index contributed by atoms with van der Waals surface area (Å²) < 4.78 is 5.52. The maximum absolute atomic E-state index is 12.0. The molecule has 1 aliphatic heterocycles. The molecule has 0 aromatic heterocycles. The Morgan fingerprint density at radius 1 is 1.00 bits per heavy atom. The van der Waals surface area contributed by atoms with Crippen molar-refractivity contribution in [3.05, 3.63) is 71.8 Å². The minimum atomic E-state index is -0.864. The lowest BCUT2D eigenvalue weighted by Gasteiger charge is -2.41. The molecule has 1 saturated heterocycles. The number of hydrogen-bond donors (Lipinski definition) is 1. The second-order valence-corrected chi connectivity index (χ2v) is 7.27. The van der Waals surface area contributed by atoms with E-state index in [4.69, 9.17) is 4.74 Å². The molecule has 0 saturated carbocycles. The number of hydrogen-bond acceptors (Lipinski definition) is 3. The standard InChI is InChI=1S/C23H31NO2.ClH/c1-2-3-14-23(25,21-12-8-5-9-13-21)22(20-10-6-4-7-11-20)19-24-15-17-26-18-16-24;/h4-13,22,25H,2-3,14-19H2,1H3;1H/p-1. The fourth-order valence-electron chi connectivity index (χ4n) is 3.95. The van der Waals surface area contributed by atoms with Crippen molar-refractivity contribution in [3.8, 4) is 0 Å².